The van der Waals surface area contributed by atoms with Crippen molar-refractivity contribution in [1.29, 1.82) is 0 Å². The Hall–Kier alpha value is -1.42. The van der Waals surface area contributed by atoms with Gasteiger partial charge in [-0.2, -0.15) is 0 Å². The molecule has 4 heteroatoms. The van der Waals surface area contributed by atoms with Crippen molar-refractivity contribution in [3.8, 4) is 0 Å². The van der Waals surface area contributed by atoms with Gasteiger partial charge >= 0.3 is 5.97 Å². The first-order valence-electron chi connectivity index (χ1n) is 6.62. The van der Waals surface area contributed by atoms with Crippen molar-refractivity contribution >= 4 is 5.97 Å². The molecule has 1 rings (SSSR count). The van der Waals surface area contributed by atoms with Crippen molar-refractivity contribution in [2.24, 2.45) is 0 Å². The smallest absolute Gasteiger partial charge is 0.335 e. The largest absolute Gasteiger partial charge is 0.458 e. The SMILES string of the molecule is CC(OCCCc1ccncc1)C(=O)OC(C)(C)C. The van der Waals surface area contributed by atoms with Crippen LogP contribution in [0.25, 0.3) is 0 Å². The van der Waals surface area contributed by atoms with E-state index in [2.05, 4.69) is 4.98 Å². The molecule has 106 valence electrons. The molecule has 0 N–H and O–H groups in total. The normalized spacial score (nSPS) is 13.1. The molecule has 0 aromatic carbocycles. The summed E-state index contributed by atoms with van der Waals surface area (Å²) < 4.78 is 10.7. The van der Waals surface area contributed by atoms with Gasteiger partial charge in [-0.05, 0) is 58.2 Å². The first kappa shape index (κ1) is 15.6. The molecule has 0 aliphatic rings. The highest BCUT2D eigenvalue weighted by Crippen LogP contribution is 2.10. The zero-order chi connectivity index (χ0) is 14.3. The van der Waals surface area contributed by atoms with Gasteiger partial charge in [0, 0.05) is 19.0 Å². The highest BCUT2D eigenvalue weighted by atomic mass is 16.6. The third-order valence-corrected chi connectivity index (χ3v) is 2.47. The minimum Gasteiger partial charge on any atom is -0.458 e. The first-order valence-corrected chi connectivity index (χ1v) is 6.62. The van der Waals surface area contributed by atoms with Gasteiger partial charge in [0.1, 0.15) is 5.60 Å². The van der Waals surface area contributed by atoms with Gasteiger partial charge in [0.25, 0.3) is 0 Å². The van der Waals surface area contributed by atoms with Crippen LogP contribution < -0.4 is 0 Å². The number of rotatable bonds is 6. The van der Waals surface area contributed by atoms with E-state index in [0.29, 0.717) is 6.61 Å². The van der Waals surface area contributed by atoms with E-state index in [1.807, 2.05) is 32.9 Å². The van der Waals surface area contributed by atoms with Crippen LogP contribution in [0.2, 0.25) is 0 Å². The van der Waals surface area contributed by atoms with Gasteiger partial charge in [0.05, 0.1) is 0 Å². The number of aromatic nitrogens is 1. The molecule has 1 heterocycles. The summed E-state index contributed by atoms with van der Waals surface area (Å²) in [6.45, 7) is 7.81. The topological polar surface area (TPSA) is 48.4 Å². The molecular formula is C15H23NO3. The van der Waals surface area contributed by atoms with Crippen molar-refractivity contribution in [3.05, 3.63) is 30.1 Å². The lowest BCUT2D eigenvalue weighted by Gasteiger charge is -2.22. The van der Waals surface area contributed by atoms with Gasteiger partial charge in [-0.3, -0.25) is 4.98 Å². The molecule has 0 radical (unpaired) electrons. The van der Waals surface area contributed by atoms with Crippen LogP contribution in [0.15, 0.2) is 24.5 Å². The second kappa shape index (κ2) is 7.24. The van der Waals surface area contributed by atoms with E-state index < -0.39 is 11.7 Å². The van der Waals surface area contributed by atoms with Crippen molar-refractivity contribution in [3.63, 3.8) is 0 Å². The number of hydrogen-bond acceptors (Lipinski definition) is 4. The Morgan fingerprint density at radius 2 is 1.95 bits per heavy atom. The van der Waals surface area contributed by atoms with Crippen LogP contribution in [-0.2, 0) is 20.7 Å². The Morgan fingerprint density at radius 1 is 1.32 bits per heavy atom. The average Bonchev–Trinajstić information content (AvgIpc) is 2.33. The molecule has 0 aliphatic heterocycles. The van der Waals surface area contributed by atoms with Crippen LogP contribution >= 0.6 is 0 Å². The maximum absolute atomic E-state index is 11.7. The van der Waals surface area contributed by atoms with Gasteiger partial charge in [0.2, 0.25) is 0 Å². The van der Waals surface area contributed by atoms with Gasteiger partial charge in [-0.25, -0.2) is 4.79 Å². The third-order valence-electron chi connectivity index (χ3n) is 2.47. The lowest BCUT2D eigenvalue weighted by atomic mass is 10.1. The van der Waals surface area contributed by atoms with Gasteiger partial charge < -0.3 is 9.47 Å². The van der Waals surface area contributed by atoms with Crippen molar-refractivity contribution < 1.29 is 14.3 Å². The van der Waals surface area contributed by atoms with E-state index >= 15 is 0 Å². The molecule has 1 atom stereocenters. The highest BCUT2D eigenvalue weighted by molar-refractivity contribution is 5.74. The summed E-state index contributed by atoms with van der Waals surface area (Å²) in [7, 11) is 0. The zero-order valence-electron chi connectivity index (χ0n) is 12.2. The van der Waals surface area contributed by atoms with Crippen molar-refractivity contribution in [2.45, 2.75) is 52.2 Å². The number of esters is 1. The maximum Gasteiger partial charge on any atom is 0.335 e. The van der Waals surface area contributed by atoms with E-state index in [1.54, 1.807) is 19.3 Å². The number of pyridine rings is 1. The summed E-state index contributed by atoms with van der Waals surface area (Å²) in [5, 5.41) is 0. The summed E-state index contributed by atoms with van der Waals surface area (Å²) in [6.07, 6.45) is 4.83. The van der Waals surface area contributed by atoms with E-state index in [0.717, 1.165) is 12.8 Å². The third kappa shape index (κ3) is 6.91. The maximum atomic E-state index is 11.7. The molecule has 0 amide bonds. The quantitative estimate of drug-likeness (QED) is 0.586. The Morgan fingerprint density at radius 3 is 2.53 bits per heavy atom. The molecule has 19 heavy (non-hydrogen) atoms. The first-order chi connectivity index (χ1) is 8.88. The molecule has 1 aromatic heterocycles. The molecule has 0 saturated carbocycles. The second-order valence-corrected chi connectivity index (χ2v) is 5.51. The lowest BCUT2D eigenvalue weighted by Crippen LogP contribution is -2.32. The molecule has 0 spiro atoms. The Bertz CT molecular complexity index is 384. The van der Waals surface area contributed by atoms with E-state index in [4.69, 9.17) is 9.47 Å². The lowest BCUT2D eigenvalue weighted by molar-refractivity contribution is -0.167. The minimum atomic E-state index is -0.517. The number of carbonyl (C=O) groups is 1. The monoisotopic (exact) mass is 265 g/mol. The fourth-order valence-corrected chi connectivity index (χ4v) is 1.54. The van der Waals surface area contributed by atoms with Crippen LogP contribution in [0.5, 0.6) is 0 Å². The molecular weight excluding hydrogens is 242 g/mol. The Balaban J connectivity index is 2.20. The summed E-state index contributed by atoms with van der Waals surface area (Å²) in [6, 6.07) is 3.97. The summed E-state index contributed by atoms with van der Waals surface area (Å²) in [5.74, 6) is -0.309. The molecule has 0 aliphatic carbocycles. The Labute approximate surface area is 115 Å². The predicted octanol–water partition coefficient (Wildman–Crippen LogP) is 2.76. The van der Waals surface area contributed by atoms with Gasteiger partial charge in [-0.15, -0.1) is 0 Å². The minimum absolute atomic E-state index is 0.309. The van der Waals surface area contributed by atoms with E-state index in [9.17, 15) is 4.79 Å². The number of ether oxygens (including phenoxy) is 2. The number of hydrogen-bond donors (Lipinski definition) is 0. The molecule has 0 bridgehead atoms. The zero-order valence-corrected chi connectivity index (χ0v) is 12.2. The van der Waals surface area contributed by atoms with E-state index in [-0.39, 0.29) is 5.97 Å². The molecule has 1 unspecified atom stereocenters. The van der Waals surface area contributed by atoms with Crippen LogP contribution in [0.3, 0.4) is 0 Å². The summed E-state index contributed by atoms with van der Waals surface area (Å²) >= 11 is 0. The van der Waals surface area contributed by atoms with E-state index in [1.165, 1.54) is 5.56 Å². The molecule has 0 fully saturated rings. The molecule has 1 aromatic rings. The summed E-state index contributed by atoms with van der Waals surface area (Å²) in [5.41, 5.74) is 0.759. The van der Waals surface area contributed by atoms with Gasteiger partial charge in [-0.1, -0.05) is 0 Å². The predicted molar refractivity (Wildman–Crippen MR) is 73.8 cm³/mol. The van der Waals surface area contributed by atoms with Crippen molar-refractivity contribution in [2.75, 3.05) is 6.61 Å². The number of nitrogens with zero attached hydrogens (tertiary/aromatic N) is 1. The standard InChI is InChI=1S/C15H23NO3/c1-12(14(17)19-15(2,3)4)18-11-5-6-13-7-9-16-10-8-13/h7-10,12H,5-6,11H2,1-4H3. The second-order valence-electron chi connectivity index (χ2n) is 5.51. The van der Waals surface area contributed by atoms with Crippen LogP contribution in [0.1, 0.15) is 39.7 Å². The fraction of sp³-hybridized carbons (Fsp3) is 0.600. The fourth-order valence-electron chi connectivity index (χ4n) is 1.54. The average molecular weight is 265 g/mol. The van der Waals surface area contributed by atoms with Crippen LogP contribution in [0.4, 0.5) is 0 Å². The Kier molecular flexibility index (Phi) is 5.96. The van der Waals surface area contributed by atoms with Crippen LogP contribution in [0, 0.1) is 0 Å². The van der Waals surface area contributed by atoms with Crippen LogP contribution in [-0.4, -0.2) is 29.3 Å². The molecule has 4 nitrogen and oxygen atoms in total. The summed E-state index contributed by atoms with van der Waals surface area (Å²) in [4.78, 5) is 15.6. The number of carbonyl (C=O) groups excluding carboxylic acids is 1. The van der Waals surface area contributed by atoms with Gasteiger partial charge in [0.15, 0.2) is 6.10 Å². The molecule has 0 saturated heterocycles. The number of aryl methyl sites for hydroxylation is 1. The highest BCUT2D eigenvalue weighted by Gasteiger charge is 2.21. The van der Waals surface area contributed by atoms with Crippen molar-refractivity contribution in [1.82, 2.24) is 4.98 Å².